The van der Waals surface area contributed by atoms with Gasteiger partial charge in [0.25, 0.3) is 5.56 Å². The van der Waals surface area contributed by atoms with E-state index in [0.717, 1.165) is 32.1 Å². The lowest BCUT2D eigenvalue weighted by molar-refractivity contribution is 0.650. The highest BCUT2D eigenvalue weighted by molar-refractivity contribution is 7.19. The van der Waals surface area contributed by atoms with E-state index in [-0.39, 0.29) is 12.1 Å². The van der Waals surface area contributed by atoms with E-state index in [1.807, 2.05) is 19.1 Å². The van der Waals surface area contributed by atoms with Crippen molar-refractivity contribution in [2.24, 2.45) is 0 Å². The molecule has 2 aromatic carbocycles. The lowest BCUT2D eigenvalue weighted by atomic mass is 10.0. The molecule has 2 heterocycles. The first kappa shape index (κ1) is 19.1. The molecular formula is C21H17Cl2N3OS. The number of thiazole rings is 1. The number of fused-ring (bicyclic) bond motifs is 1. The molecule has 0 saturated heterocycles. The predicted octanol–water partition coefficient (Wildman–Crippen LogP) is 5.80. The number of aryl methyl sites for hydroxylation is 3. The Bertz CT molecular complexity index is 1280. The summed E-state index contributed by atoms with van der Waals surface area (Å²) < 4.78 is 2.25. The summed E-state index contributed by atoms with van der Waals surface area (Å²) in [5.74, 6) is 0. The molecule has 4 nitrogen and oxygen atoms in total. The first-order chi connectivity index (χ1) is 13.3. The van der Waals surface area contributed by atoms with Gasteiger partial charge in [-0.2, -0.15) is 5.10 Å². The summed E-state index contributed by atoms with van der Waals surface area (Å²) in [5, 5.41) is 6.61. The van der Waals surface area contributed by atoms with Crippen LogP contribution in [0.1, 0.15) is 21.7 Å². The highest BCUT2D eigenvalue weighted by Crippen LogP contribution is 2.32. The van der Waals surface area contributed by atoms with Crippen LogP contribution in [-0.4, -0.2) is 14.8 Å². The molecule has 0 fully saturated rings. The van der Waals surface area contributed by atoms with Crippen LogP contribution < -0.4 is 5.56 Å². The third-order valence-electron chi connectivity index (χ3n) is 4.58. The molecule has 0 saturated carbocycles. The molecule has 0 unspecified atom stereocenters. The lowest BCUT2D eigenvalue weighted by Gasteiger charge is -2.12. The van der Waals surface area contributed by atoms with Crippen LogP contribution in [0.3, 0.4) is 0 Å². The van der Waals surface area contributed by atoms with Crippen LogP contribution in [0.5, 0.6) is 0 Å². The van der Waals surface area contributed by atoms with Gasteiger partial charge in [0.05, 0.1) is 16.3 Å². The minimum Gasteiger partial charge on any atom is -0.265 e. The smallest absolute Gasteiger partial charge is 0.265 e. The molecule has 4 rings (SSSR count). The fourth-order valence-electron chi connectivity index (χ4n) is 3.24. The van der Waals surface area contributed by atoms with E-state index in [2.05, 4.69) is 31.0 Å². The lowest BCUT2D eigenvalue weighted by Crippen LogP contribution is -2.24. The molecular weight excluding hydrogens is 413 g/mol. The highest BCUT2D eigenvalue weighted by atomic mass is 35.5. The van der Waals surface area contributed by atoms with Gasteiger partial charge in [0.2, 0.25) is 0 Å². The fourth-order valence-corrected chi connectivity index (χ4v) is 4.62. The maximum absolute atomic E-state index is 13.0. The molecule has 0 atom stereocenters. The third kappa shape index (κ3) is 3.46. The molecule has 0 bridgehead atoms. The first-order valence-electron chi connectivity index (χ1n) is 8.73. The topological polar surface area (TPSA) is 47.8 Å². The Morgan fingerprint density at radius 1 is 1.07 bits per heavy atom. The fraction of sp³-hybridized carbons (Fsp3) is 0.190. The van der Waals surface area contributed by atoms with Crippen LogP contribution in [0.25, 0.3) is 21.5 Å². The summed E-state index contributed by atoms with van der Waals surface area (Å²) in [6.07, 6.45) is 0. The monoisotopic (exact) mass is 429 g/mol. The molecule has 7 heteroatoms. The quantitative estimate of drug-likeness (QED) is 0.413. The standard InChI is InChI=1S/C21H17Cl2N3OS/c1-11-4-7-16(12(2)8-11)18-20-19(24-13(3)28-20)21(27)26(25-18)10-14-5-6-15(22)9-17(14)23/h4-9H,10H2,1-3H3. The van der Waals surface area contributed by atoms with Crippen LogP contribution >= 0.6 is 34.5 Å². The average molecular weight is 430 g/mol. The summed E-state index contributed by atoms with van der Waals surface area (Å²) in [4.78, 5) is 17.5. The Morgan fingerprint density at radius 2 is 1.86 bits per heavy atom. The molecule has 0 aliphatic rings. The van der Waals surface area contributed by atoms with Crippen molar-refractivity contribution in [3.05, 3.63) is 78.5 Å². The number of hydrogen-bond donors (Lipinski definition) is 0. The molecule has 2 aromatic heterocycles. The normalized spacial score (nSPS) is 11.3. The van der Waals surface area contributed by atoms with E-state index in [1.54, 1.807) is 12.1 Å². The Labute approximate surface area is 176 Å². The molecule has 142 valence electrons. The van der Waals surface area contributed by atoms with Crippen LogP contribution in [-0.2, 0) is 6.54 Å². The van der Waals surface area contributed by atoms with Gasteiger partial charge in [-0.15, -0.1) is 11.3 Å². The number of rotatable bonds is 3. The van der Waals surface area contributed by atoms with Crippen molar-refractivity contribution in [2.75, 3.05) is 0 Å². The van der Waals surface area contributed by atoms with Crippen LogP contribution in [0.2, 0.25) is 10.0 Å². The zero-order valence-corrected chi connectivity index (χ0v) is 17.9. The number of halogens is 2. The van der Waals surface area contributed by atoms with Crippen molar-refractivity contribution in [1.82, 2.24) is 14.8 Å². The van der Waals surface area contributed by atoms with E-state index in [0.29, 0.717) is 15.6 Å². The van der Waals surface area contributed by atoms with E-state index in [1.165, 1.54) is 21.6 Å². The zero-order valence-electron chi connectivity index (χ0n) is 15.6. The molecule has 0 aliphatic heterocycles. The molecule has 0 amide bonds. The second-order valence-electron chi connectivity index (χ2n) is 6.78. The minimum absolute atomic E-state index is 0.223. The SMILES string of the molecule is Cc1ccc(-c2nn(Cc3ccc(Cl)cc3Cl)c(=O)c3nc(C)sc23)c(C)c1. The van der Waals surface area contributed by atoms with Crippen molar-refractivity contribution in [3.63, 3.8) is 0 Å². The average Bonchev–Trinajstić information content (AvgIpc) is 3.02. The Hall–Kier alpha value is -2.21. The van der Waals surface area contributed by atoms with Crippen LogP contribution in [0, 0.1) is 20.8 Å². The van der Waals surface area contributed by atoms with Gasteiger partial charge in [-0.3, -0.25) is 4.79 Å². The Balaban J connectivity index is 1.95. The summed E-state index contributed by atoms with van der Waals surface area (Å²) in [5.41, 5.74) is 5.04. The highest BCUT2D eigenvalue weighted by Gasteiger charge is 2.18. The van der Waals surface area contributed by atoms with Crippen LogP contribution in [0.4, 0.5) is 0 Å². The van der Waals surface area contributed by atoms with E-state index in [4.69, 9.17) is 28.3 Å². The van der Waals surface area contributed by atoms with Crippen molar-refractivity contribution >= 4 is 44.8 Å². The second-order valence-corrected chi connectivity index (χ2v) is 8.82. The van der Waals surface area contributed by atoms with Crippen LogP contribution in [0.15, 0.2) is 41.2 Å². The third-order valence-corrected chi connectivity index (χ3v) is 6.14. The maximum Gasteiger partial charge on any atom is 0.294 e. The van der Waals surface area contributed by atoms with E-state index >= 15 is 0 Å². The van der Waals surface area contributed by atoms with Gasteiger partial charge in [0.1, 0.15) is 5.69 Å². The van der Waals surface area contributed by atoms with Gasteiger partial charge in [0.15, 0.2) is 5.52 Å². The second kappa shape index (κ2) is 7.32. The van der Waals surface area contributed by atoms with E-state index < -0.39 is 0 Å². The number of hydrogen-bond acceptors (Lipinski definition) is 4. The number of aromatic nitrogens is 3. The Kier molecular flexibility index (Phi) is 5.00. The van der Waals surface area contributed by atoms with Crippen molar-refractivity contribution in [3.8, 4) is 11.3 Å². The molecule has 0 aliphatic carbocycles. The maximum atomic E-state index is 13.0. The minimum atomic E-state index is -0.223. The summed E-state index contributed by atoms with van der Waals surface area (Å²) in [6.45, 7) is 6.25. The molecule has 4 aromatic rings. The summed E-state index contributed by atoms with van der Waals surface area (Å²) >= 11 is 13.8. The van der Waals surface area contributed by atoms with Gasteiger partial charge in [-0.25, -0.2) is 9.67 Å². The molecule has 28 heavy (non-hydrogen) atoms. The van der Waals surface area contributed by atoms with Gasteiger partial charge in [-0.1, -0.05) is 53.0 Å². The zero-order chi connectivity index (χ0) is 20.0. The van der Waals surface area contributed by atoms with E-state index in [9.17, 15) is 4.79 Å². The van der Waals surface area contributed by atoms with Gasteiger partial charge in [0, 0.05) is 15.6 Å². The van der Waals surface area contributed by atoms with Crippen molar-refractivity contribution < 1.29 is 0 Å². The van der Waals surface area contributed by atoms with Crippen molar-refractivity contribution in [2.45, 2.75) is 27.3 Å². The van der Waals surface area contributed by atoms with Gasteiger partial charge in [-0.05, 0) is 44.0 Å². The molecule has 0 radical (unpaired) electrons. The van der Waals surface area contributed by atoms with Crippen molar-refractivity contribution in [1.29, 1.82) is 0 Å². The number of benzene rings is 2. The van der Waals surface area contributed by atoms with Gasteiger partial charge >= 0.3 is 0 Å². The molecule has 0 N–H and O–H groups in total. The number of nitrogens with zero attached hydrogens (tertiary/aromatic N) is 3. The first-order valence-corrected chi connectivity index (χ1v) is 10.3. The predicted molar refractivity (Wildman–Crippen MR) is 117 cm³/mol. The molecule has 0 spiro atoms. The Morgan fingerprint density at radius 3 is 2.57 bits per heavy atom. The summed E-state index contributed by atoms with van der Waals surface area (Å²) in [6, 6.07) is 11.4. The summed E-state index contributed by atoms with van der Waals surface area (Å²) in [7, 11) is 0. The largest absolute Gasteiger partial charge is 0.294 e. The van der Waals surface area contributed by atoms with Gasteiger partial charge < -0.3 is 0 Å².